The number of halogens is 1. The van der Waals surface area contributed by atoms with Crippen LogP contribution in [0.1, 0.15) is 21.5 Å². The molecular formula is C19H18BrN3O4. The van der Waals surface area contributed by atoms with Crippen molar-refractivity contribution in [1.29, 1.82) is 0 Å². The van der Waals surface area contributed by atoms with Gasteiger partial charge in [0.15, 0.2) is 11.5 Å². The highest BCUT2D eigenvalue weighted by atomic mass is 79.9. The van der Waals surface area contributed by atoms with E-state index in [1.54, 1.807) is 31.3 Å². The molecule has 0 unspecified atom stereocenters. The van der Waals surface area contributed by atoms with Gasteiger partial charge in [-0.2, -0.15) is 0 Å². The van der Waals surface area contributed by atoms with E-state index < -0.39 is 5.91 Å². The van der Waals surface area contributed by atoms with Crippen LogP contribution in [0.15, 0.2) is 39.8 Å². The molecule has 1 heterocycles. The number of nitrogens with two attached hydrogens (primary N) is 1. The average molecular weight is 432 g/mol. The van der Waals surface area contributed by atoms with Crippen LogP contribution in [-0.4, -0.2) is 45.3 Å². The Hall–Kier alpha value is -2.87. The summed E-state index contributed by atoms with van der Waals surface area (Å²) in [4.78, 5) is 30.1. The Morgan fingerprint density at radius 3 is 2.63 bits per heavy atom. The summed E-state index contributed by atoms with van der Waals surface area (Å²) in [5.74, 6) is 0.259. The maximum Gasteiger partial charge on any atom is 0.248 e. The second-order valence-corrected chi connectivity index (χ2v) is 6.68. The first-order valence-electron chi connectivity index (χ1n) is 8.05. The minimum absolute atomic E-state index is 0.0294. The van der Waals surface area contributed by atoms with Crippen LogP contribution in [0.5, 0.6) is 11.5 Å². The van der Waals surface area contributed by atoms with Crippen molar-refractivity contribution in [1.82, 2.24) is 0 Å². The summed E-state index contributed by atoms with van der Waals surface area (Å²) < 4.78 is 11.5. The Kier molecular flexibility index (Phi) is 5.18. The standard InChI is InChI=1S/C19H18BrN3O4/c1-23-12-8-13(26-2)18(27-3)16(20)15(12)17(22-9-14(23)24)10-5-4-6-11(7-10)19(21)25/h4-8H,9H2,1-3H3,(H2,21,25). The van der Waals surface area contributed by atoms with Crippen molar-refractivity contribution >= 4 is 39.1 Å². The number of anilines is 1. The number of nitrogens with zero attached hydrogens (tertiary/aromatic N) is 2. The van der Waals surface area contributed by atoms with Gasteiger partial charge in [0.2, 0.25) is 11.8 Å². The van der Waals surface area contributed by atoms with Crippen LogP contribution in [0.25, 0.3) is 0 Å². The lowest BCUT2D eigenvalue weighted by molar-refractivity contribution is -0.116. The Bertz CT molecular complexity index is 972. The monoisotopic (exact) mass is 431 g/mol. The molecule has 0 saturated heterocycles. The number of primary amides is 1. The van der Waals surface area contributed by atoms with E-state index in [0.717, 1.165) is 0 Å². The van der Waals surface area contributed by atoms with Crippen molar-refractivity contribution in [2.75, 3.05) is 32.7 Å². The summed E-state index contributed by atoms with van der Waals surface area (Å²) in [5, 5.41) is 0. The highest BCUT2D eigenvalue weighted by Crippen LogP contribution is 2.44. The molecule has 0 atom stereocenters. The fraction of sp³-hybridized carbons (Fsp3) is 0.211. The van der Waals surface area contributed by atoms with E-state index in [1.807, 2.05) is 6.07 Å². The lowest BCUT2D eigenvalue weighted by Gasteiger charge is -2.22. The predicted molar refractivity (Wildman–Crippen MR) is 106 cm³/mol. The predicted octanol–water partition coefficient (Wildman–Crippen LogP) is 2.38. The number of hydrogen-bond donors (Lipinski definition) is 1. The van der Waals surface area contributed by atoms with E-state index in [-0.39, 0.29) is 12.5 Å². The first-order chi connectivity index (χ1) is 12.9. The number of ether oxygens (including phenoxy) is 2. The fourth-order valence-electron chi connectivity index (χ4n) is 2.95. The molecule has 1 aliphatic heterocycles. The molecule has 140 valence electrons. The molecule has 0 saturated carbocycles. The van der Waals surface area contributed by atoms with Crippen molar-refractivity contribution in [3.05, 3.63) is 51.5 Å². The van der Waals surface area contributed by atoms with Crippen molar-refractivity contribution in [3.63, 3.8) is 0 Å². The van der Waals surface area contributed by atoms with Crippen LogP contribution in [0.3, 0.4) is 0 Å². The third-order valence-corrected chi connectivity index (χ3v) is 5.11. The van der Waals surface area contributed by atoms with Gasteiger partial charge in [-0.25, -0.2) is 0 Å². The molecule has 0 aromatic heterocycles. The first kappa shape index (κ1) is 18.9. The summed E-state index contributed by atoms with van der Waals surface area (Å²) >= 11 is 3.57. The molecule has 2 N–H and O–H groups in total. The molecule has 1 aliphatic rings. The maximum atomic E-state index is 12.5. The van der Waals surface area contributed by atoms with Crippen LogP contribution in [0.4, 0.5) is 5.69 Å². The SMILES string of the molecule is COc1cc2c(c(Br)c1OC)C(c1cccc(C(N)=O)c1)=NCC(=O)N2C. The van der Waals surface area contributed by atoms with Gasteiger partial charge >= 0.3 is 0 Å². The van der Waals surface area contributed by atoms with Gasteiger partial charge in [0.25, 0.3) is 0 Å². The molecule has 0 fully saturated rings. The van der Waals surface area contributed by atoms with Gasteiger partial charge in [0.1, 0.15) is 6.54 Å². The molecule has 0 radical (unpaired) electrons. The Morgan fingerprint density at radius 1 is 1.26 bits per heavy atom. The van der Waals surface area contributed by atoms with Gasteiger partial charge in [0.05, 0.1) is 30.1 Å². The number of likely N-dealkylation sites (N-methyl/N-ethyl adjacent to an activating group) is 1. The van der Waals surface area contributed by atoms with Gasteiger partial charge in [-0.15, -0.1) is 0 Å². The minimum atomic E-state index is -0.536. The topological polar surface area (TPSA) is 94.2 Å². The largest absolute Gasteiger partial charge is 0.493 e. The summed E-state index contributed by atoms with van der Waals surface area (Å²) in [7, 11) is 4.74. The van der Waals surface area contributed by atoms with E-state index >= 15 is 0 Å². The second-order valence-electron chi connectivity index (χ2n) is 5.88. The molecule has 7 nitrogen and oxygen atoms in total. The van der Waals surface area contributed by atoms with Gasteiger partial charge < -0.3 is 20.1 Å². The van der Waals surface area contributed by atoms with Crippen molar-refractivity contribution < 1.29 is 19.1 Å². The number of hydrogen-bond acceptors (Lipinski definition) is 5. The number of benzene rings is 2. The average Bonchev–Trinajstić information content (AvgIpc) is 2.79. The number of carbonyl (C=O) groups excluding carboxylic acids is 2. The van der Waals surface area contributed by atoms with Crippen LogP contribution >= 0.6 is 15.9 Å². The zero-order valence-electron chi connectivity index (χ0n) is 15.1. The maximum absolute atomic E-state index is 12.5. The van der Waals surface area contributed by atoms with Crippen molar-refractivity contribution in [3.8, 4) is 11.5 Å². The molecule has 0 spiro atoms. The summed E-state index contributed by atoms with van der Waals surface area (Å²) in [6.07, 6.45) is 0. The Morgan fingerprint density at radius 2 is 2.00 bits per heavy atom. The van der Waals surface area contributed by atoms with Crippen LogP contribution < -0.4 is 20.1 Å². The minimum Gasteiger partial charge on any atom is -0.493 e. The number of fused-ring (bicyclic) bond motifs is 1. The van der Waals surface area contributed by atoms with Crippen LogP contribution in [0, 0.1) is 0 Å². The number of aliphatic imine (C=N–C) groups is 1. The number of rotatable bonds is 4. The van der Waals surface area contributed by atoms with E-state index in [1.165, 1.54) is 19.1 Å². The normalized spacial score (nSPS) is 13.6. The Balaban J connectivity index is 2.32. The zero-order valence-corrected chi connectivity index (χ0v) is 16.7. The molecule has 0 bridgehead atoms. The van der Waals surface area contributed by atoms with E-state index in [0.29, 0.717) is 44.1 Å². The number of carbonyl (C=O) groups is 2. The smallest absolute Gasteiger partial charge is 0.248 e. The Labute approximate surface area is 164 Å². The second kappa shape index (κ2) is 7.40. The lowest BCUT2D eigenvalue weighted by Crippen LogP contribution is -2.28. The zero-order chi connectivity index (χ0) is 19.7. The lowest BCUT2D eigenvalue weighted by atomic mass is 9.98. The number of methoxy groups -OCH3 is 2. The number of amides is 2. The summed E-state index contributed by atoms with van der Waals surface area (Å²) in [6, 6.07) is 8.56. The van der Waals surface area contributed by atoms with Crippen molar-refractivity contribution in [2.45, 2.75) is 0 Å². The third kappa shape index (κ3) is 3.28. The molecule has 0 aliphatic carbocycles. The molecule has 8 heteroatoms. The number of benzodiazepines with no additional fused rings is 1. The van der Waals surface area contributed by atoms with Gasteiger partial charge in [0, 0.05) is 29.8 Å². The highest BCUT2D eigenvalue weighted by Gasteiger charge is 2.29. The van der Waals surface area contributed by atoms with Crippen LogP contribution in [-0.2, 0) is 4.79 Å². The van der Waals surface area contributed by atoms with Crippen molar-refractivity contribution in [2.24, 2.45) is 10.7 Å². The van der Waals surface area contributed by atoms with Gasteiger partial charge in [-0.1, -0.05) is 12.1 Å². The highest BCUT2D eigenvalue weighted by molar-refractivity contribution is 9.10. The summed E-state index contributed by atoms with van der Waals surface area (Å²) in [6.45, 7) is -0.0294. The summed E-state index contributed by atoms with van der Waals surface area (Å²) in [5.41, 5.74) is 8.28. The van der Waals surface area contributed by atoms with Crippen LogP contribution in [0.2, 0.25) is 0 Å². The molecular weight excluding hydrogens is 414 g/mol. The molecule has 2 amide bonds. The van der Waals surface area contributed by atoms with E-state index in [4.69, 9.17) is 15.2 Å². The van der Waals surface area contributed by atoms with Gasteiger partial charge in [-0.3, -0.25) is 14.6 Å². The van der Waals surface area contributed by atoms with E-state index in [2.05, 4.69) is 20.9 Å². The quantitative estimate of drug-likeness (QED) is 0.803. The molecule has 2 aromatic rings. The van der Waals surface area contributed by atoms with Gasteiger partial charge in [-0.05, 0) is 28.1 Å². The van der Waals surface area contributed by atoms with E-state index in [9.17, 15) is 9.59 Å². The molecule has 2 aromatic carbocycles. The first-order valence-corrected chi connectivity index (χ1v) is 8.84. The third-order valence-electron chi connectivity index (χ3n) is 4.36. The fourth-order valence-corrected chi connectivity index (χ4v) is 3.70. The molecule has 3 rings (SSSR count). The molecule has 27 heavy (non-hydrogen) atoms.